The van der Waals surface area contributed by atoms with Crippen LogP contribution in [0.3, 0.4) is 0 Å². The van der Waals surface area contributed by atoms with Crippen LogP contribution in [-0.4, -0.2) is 0 Å². The topological polar surface area (TPSA) is 0 Å². The Morgan fingerprint density at radius 3 is 1.56 bits per heavy atom. The number of hydrogen-bond donors (Lipinski definition) is 0. The van der Waals surface area contributed by atoms with Crippen LogP contribution >= 0.6 is 0 Å². The zero-order chi connectivity index (χ0) is 12.2. The molecule has 0 N–H and O–H groups in total. The van der Waals surface area contributed by atoms with Crippen molar-refractivity contribution in [1.29, 1.82) is 0 Å². The van der Waals surface area contributed by atoms with Crippen LogP contribution in [0.5, 0.6) is 0 Å². The van der Waals surface area contributed by atoms with Gasteiger partial charge in [0, 0.05) is 0 Å². The average molecular weight is 226 g/mol. The largest absolute Gasteiger partial charge is 0.0654 e. The highest BCUT2D eigenvalue weighted by Gasteiger charge is 2.08. The molecule has 2 unspecified atom stereocenters. The molecule has 0 bridgehead atoms. The Kier molecular flexibility index (Phi) is 11.5. The molecule has 0 heterocycles. The third kappa shape index (κ3) is 10.5. The Labute approximate surface area is 104 Å². The van der Waals surface area contributed by atoms with Gasteiger partial charge in [0.1, 0.15) is 0 Å². The van der Waals surface area contributed by atoms with Crippen LogP contribution in [0.15, 0.2) is 0 Å². The standard InChI is InChI=1S/C16H34/c1-5-7-9-11-13-16(4)14-15(3)12-10-8-6-2/h15-16H,5-14H2,1-4H3. The Bertz CT molecular complexity index is 128. The quantitative estimate of drug-likeness (QED) is 0.368. The lowest BCUT2D eigenvalue weighted by Gasteiger charge is -2.17. The third-order valence-electron chi connectivity index (χ3n) is 3.66. The molecule has 0 aromatic rings. The Balaban J connectivity index is 3.35. The summed E-state index contributed by atoms with van der Waals surface area (Å²) in [5, 5.41) is 0. The predicted octanol–water partition coefficient (Wildman–Crippen LogP) is 6.20. The minimum Gasteiger partial charge on any atom is -0.0654 e. The second-order valence-corrected chi connectivity index (χ2v) is 5.79. The van der Waals surface area contributed by atoms with Gasteiger partial charge in [-0.25, -0.2) is 0 Å². The summed E-state index contributed by atoms with van der Waals surface area (Å²) in [5.41, 5.74) is 0. The van der Waals surface area contributed by atoms with E-state index in [4.69, 9.17) is 0 Å². The van der Waals surface area contributed by atoms with E-state index >= 15 is 0 Å². The zero-order valence-electron chi connectivity index (χ0n) is 12.2. The van der Waals surface area contributed by atoms with Crippen molar-refractivity contribution in [2.75, 3.05) is 0 Å². The highest BCUT2D eigenvalue weighted by Crippen LogP contribution is 2.22. The smallest absolute Gasteiger partial charge is 0.0440 e. The van der Waals surface area contributed by atoms with Gasteiger partial charge >= 0.3 is 0 Å². The van der Waals surface area contributed by atoms with Crippen LogP contribution < -0.4 is 0 Å². The summed E-state index contributed by atoms with van der Waals surface area (Å²) >= 11 is 0. The van der Waals surface area contributed by atoms with Gasteiger partial charge in [0.15, 0.2) is 0 Å². The number of rotatable bonds is 11. The summed E-state index contributed by atoms with van der Waals surface area (Å²) in [7, 11) is 0. The minimum absolute atomic E-state index is 0.952. The second kappa shape index (κ2) is 11.5. The minimum atomic E-state index is 0.952. The molecule has 0 heteroatoms. The number of unbranched alkanes of at least 4 members (excludes halogenated alkanes) is 5. The molecular weight excluding hydrogens is 192 g/mol. The normalized spacial score (nSPS) is 15.0. The summed E-state index contributed by atoms with van der Waals surface area (Å²) in [5.74, 6) is 1.90. The maximum absolute atomic E-state index is 2.45. The lowest BCUT2D eigenvalue weighted by molar-refractivity contribution is 0.358. The zero-order valence-corrected chi connectivity index (χ0v) is 12.2. The Hall–Kier alpha value is 0. The van der Waals surface area contributed by atoms with Crippen LogP contribution in [-0.2, 0) is 0 Å². The molecule has 0 amide bonds. The molecule has 16 heavy (non-hydrogen) atoms. The molecule has 0 saturated heterocycles. The molecule has 0 aliphatic carbocycles. The van der Waals surface area contributed by atoms with Gasteiger partial charge in [-0.1, -0.05) is 85.5 Å². The second-order valence-electron chi connectivity index (χ2n) is 5.79. The summed E-state index contributed by atoms with van der Waals surface area (Å²) < 4.78 is 0. The molecule has 0 saturated carbocycles. The van der Waals surface area contributed by atoms with E-state index in [1.165, 1.54) is 64.2 Å². The van der Waals surface area contributed by atoms with Gasteiger partial charge in [0.05, 0.1) is 0 Å². The molecule has 0 fully saturated rings. The lowest BCUT2D eigenvalue weighted by atomic mass is 9.89. The van der Waals surface area contributed by atoms with Crippen LogP contribution in [0.1, 0.15) is 91.9 Å². The molecule has 0 nitrogen and oxygen atoms in total. The first-order chi connectivity index (χ1) is 7.70. The Morgan fingerprint density at radius 2 is 1.06 bits per heavy atom. The van der Waals surface area contributed by atoms with Crippen LogP contribution in [0.25, 0.3) is 0 Å². The van der Waals surface area contributed by atoms with Crippen LogP contribution in [0.2, 0.25) is 0 Å². The molecular formula is C16H34. The summed E-state index contributed by atoms with van der Waals surface area (Å²) in [6, 6.07) is 0. The van der Waals surface area contributed by atoms with E-state index in [9.17, 15) is 0 Å². The summed E-state index contributed by atoms with van der Waals surface area (Å²) in [4.78, 5) is 0. The maximum atomic E-state index is 2.45. The fourth-order valence-electron chi connectivity index (χ4n) is 2.58. The summed E-state index contributed by atoms with van der Waals surface area (Å²) in [6.45, 7) is 9.47. The van der Waals surface area contributed by atoms with Gasteiger partial charge in [-0.05, 0) is 18.3 Å². The van der Waals surface area contributed by atoms with Crippen molar-refractivity contribution in [2.45, 2.75) is 91.9 Å². The summed E-state index contributed by atoms with van der Waals surface area (Å²) in [6.07, 6.45) is 14.3. The number of hydrogen-bond acceptors (Lipinski definition) is 0. The molecule has 0 aromatic heterocycles. The predicted molar refractivity (Wildman–Crippen MR) is 75.8 cm³/mol. The molecule has 0 aromatic carbocycles. The first kappa shape index (κ1) is 16.0. The van der Waals surface area contributed by atoms with E-state index in [-0.39, 0.29) is 0 Å². The van der Waals surface area contributed by atoms with Crippen LogP contribution in [0.4, 0.5) is 0 Å². The monoisotopic (exact) mass is 226 g/mol. The van der Waals surface area contributed by atoms with E-state index in [1.54, 1.807) is 0 Å². The van der Waals surface area contributed by atoms with Crippen molar-refractivity contribution in [3.63, 3.8) is 0 Å². The first-order valence-electron chi connectivity index (χ1n) is 7.70. The SMILES string of the molecule is CCCCCCC(C)CC(C)CCCCC. The van der Waals surface area contributed by atoms with E-state index in [2.05, 4.69) is 27.7 Å². The van der Waals surface area contributed by atoms with Gasteiger partial charge in [-0.15, -0.1) is 0 Å². The van der Waals surface area contributed by atoms with Crippen molar-refractivity contribution < 1.29 is 0 Å². The average Bonchev–Trinajstić information content (AvgIpc) is 2.25. The van der Waals surface area contributed by atoms with E-state index in [1.807, 2.05) is 0 Å². The van der Waals surface area contributed by atoms with E-state index in [0.717, 1.165) is 11.8 Å². The maximum Gasteiger partial charge on any atom is -0.0440 e. The molecule has 2 atom stereocenters. The van der Waals surface area contributed by atoms with Crippen molar-refractivity contribution in [1.82, 2.24) is 0 Å². The molecule has 98 valence electrons. The fraction of sp³-hybridized carbons (Fsp3) is 1.00. The first-order valence-corrected chi connectivity index (χ1v) is 7.70. The van der Waals surface area contributed by atoms with Gasteiger partial charge in [0.2, 0.25) is 0 Å². The molecule has 0 rings (SSSR count). The van der Waals surface area contributed by atoms with E-state index in [0.29, 0.717) is 0 Å². The third-order valence-corrected chi connectivity index (χ3v) is 3.66. The van der Waals surface area contributed by atoms with Gasteiger partial charge in [0.25, 0.3) is 0 Å². The van der Waals surface area contributed by atoms with Crippen molar-refractivity contribution >= 4 is 0 Å². The molecule has 0 spiro atoms. The highest BCUT2D eigenvalue weighted by molar-refractivity contribution is 4.60. The molecule has 0 aliphatic rings. The molecule has 0 radical (unpaired) electrons. The lowest BCUT2D eigenvalue weighted by Crippen LogP contribution is -2.03. The van der Waals surface area contributed by atoms with Gasteiger partial charge < -0.3 is 0 Å². The van der Waals surface area contributed by atoms with Crippen molar-refractivity contribution in [3.05, 3.63) is 0 Å². The van der Waals surface area contributed by atoms with E-state index < -0.39 is 0 Å². The molecule has 0 aliphatic heterocycles. The fourth-order valence-corrected chi connectivity index (χ4v) is 2.58. The van der Waals surface area contributed by atoms with Gasteiger partial charge in [-0.3, -0.25) is 0 Å². The Morgan fingerprint density at radius 1 is 0.625 bits per heavy atom. The van der Waals surface area contributed by atoms with Crippen molar-refractivity contribution in [3.8, 4) is 0 Å². The van der Waals surface area contributed by atoms with Gasteiger partial charge in [-0.2, -0.15) is 0 Å². The van der Waals surface area contributed by atoms with Crippen molar-refractivity contribution in [2.24, 2.45) is 11.8 Å². The van der Waals surface area contributed by atoms with Crippen LogP contribution in [0, 0.1) is 11.8 Å². The highest BCUT2D eigenvalue weighted by atomic mass is 14.1.